The molecule has 3 aromatic rings. The molecule has 0 radical (unpaired) electrons. The maximum absolute atomic E-state index is 13.6. The van der Waals surface area contributed by atoms with Crippen molar-refractivity contribution in [3.8, 4) is 5.75 Å². The third-order valence-corrected chi connectivity index (χ3v) is 6.86. The van der Waals surface area contributed by atoms with Gasteiger partial charge in [0.2, 0.25) is 0 Å². The van der Waals surface area contributed by atoms with Crippen LogP contribution in [0, 0.1) is 0 Å². The second-order valence-electron chi connectivity index (χ2n) is 9.07. The molecule has 2 heterocycles. The van der Waals surface area contributed by atoms with Crippen LogP contribution in [-0.4, -0.2) is 62.3 Å². The summed E-state index contributed by atoms with van der Waals surface area (Å²) in [5.41, 5.74) is 2.78. The lowest BCUT2D eigenvalue weighted by atomic mass is 9.86. The summed E-state index contributed by atoms with van der Waals surface area (Å²) in [6.45, 7) is 11.1. The highest BCUT2D eigenvalue weighted by molar-refractivity contribution is 7.22. The number of aromatic nitrogens is 1. The van der Waals surface area contributed by atoms with Crippen molar-refractivity contribution in [3.05, 3.63) is 53.6 Å². The summed E-state index contributed by atoms with van der Waals surface area (Å²) >= 11 is 1.54. The number of nitrogens with zero attached hydrogens (tertiary/aromatic N) is 3. The van der Waals surface area contributed by atoms with E-state index >= 15 is 0 Å². The van der Waals surface area contributed by atoms with Crippen molar-refractivity contribution in [3.63, 3.8) is 0 Å². The molecule has 33 heavy (non-hydrogen) atoms. The standard InChI is InChI=1S/C25H31N3O3S.ClH/c1-25(2,3)19-7-5-18(6-8-19)23(29)28(12-11-27-13-15-31-16-14-27)24-26-21-17-20(30-4)9-10-22(21)32-24;/h5-10,17H,11-16H2,1-4H3;1H. The summed E-state index contributed by atoms with van der Waals surface area (Å²) in [4.78, 5) is 22.5. The molecule has 1 saturated heterocycles. The van der Waals surface area contributed by atoms with Crippen LogP contribution in [0.15, 0.2) is 42.5 Å². The minimum atomic E-state index is -0.0234. The normalized spacial score (nSPS) is 14.7. The lowest BCUT2D eigenvalue weighted by Gasteiger charge is -2.29. The third-order valence-electron chi connectivity index (χ3n) is 5.80. The number of halogens is 1. The molecule has 6 nitrogen and oxygen atoms in total. The number of carbonyl (C=O) groups excluding carboxylic acids is 1. The van der Waals surface area contributed by atoms with Crippen molar-refractivity contribution in [2.45, 2.75) is 26.2 Å². The molecule has 178 valence electrons. The number of hydrogen-bond acceptors (Lipinski definition) is 6. The van der Waals surface area contributed by atoms with Gasteiger partial charge in [-0.25, -0.2) is 4.98 Å². The van der Waals surface area contributed by atoms with Crippen molar-refractivity contribution in [2.75, 3.05) is 51.4 Å². The average molecular weight is 490 g/mol. The van der Waals surface area contributed by atoms with Gasteiger partial charge in [0.05, 0.1) is 30.5 Å². The molecule has 8 heteroatoms. The Kier molecular flexibility index (Phi) is 8.34. The molecule has 1 aliphatic rings. The molecule has 0 bridgehead atoms. The van der Waals surface area contributed by atoms with E-state index < -0.39 is 0 Å². The Labute approximate surface area is 205 Å². The van der Waals surface area contributed by atoms with Crippen LogP contribution in [0.1, 0.15) is 36.7 Å². The van der Waals surface area contributed by atoms with Crippen LogP contribution in [0.4, 0.5) is 5.13 Å². The highest BCUT2D eigenvalue weighted by Gasteiger charge is 2.24. The van der Waals surface area contributed by atoms with Crippen molar-refractivity contribution in [1.82, 2.24) is 9.88 Å². The summed E-state index contributed by atoms with van der Waals surface area (Å²) in [6.07, 6.45) is 0. The Morgan fingerprint density at radius 1 is 1.15 bits per heavy atom. The van der Waals surface area contributed by atoms with Gasteiger partial charge >= 0.3 is 0 Å². The summed E-state index contributed by atoms with van der Waals surface area (Å²) in [6, 6.07) is 13.8. The Bertz CT molecular complexity index is 1070. The molecule has 1 fully saturated rings. The van der Waals surface area contributed by atoms with Gasteiger partial charge in [-0.05, 0) is 35.2 Å². The molecule has 4 rings (SSSR count). The zero-order chi connectivity index (χ0) is 22.7. The second-order valence-corrected chi connectivity index (χ2v) is 10.1. The maximum atomic E-state index is 13.6. The van der Waals surface area contributed by atoms with Gasteiger partial charge in [-0.15, -0.1) is 12.4 Å². The van der Waals surface area contributed by atoms with Crippen molar-refractivity contribution >= 4 is 45.0 Å². The van der Waals surface area contributed by atoms with Gasteiger partial charge in [0.15, 0.2) is 5.13 Å². The number of morpholine rings is 1. The molecule has 0 aliphatic carbocycles. The number of hydrogen-bond donors (Lipinski definition) is 0. The number of rotatable bonds is 6. The smallest absolute Gasteiger partial charge is 0.260 e. The van der Waals surface area contributed by atoms with Crippen LogP contribution in [0.25, 0.3) is 10.2 Å². The SMILES string of the molecule is COc1ccc2sc(N(CCN3CCOCC3)C(=O)c3ccc(C(C)(C)C)cc3)nc2c1.Cl. The number of amides is 1. The highest BCUT2D eigenvalue weighted by Crippen LogP contribution is 2.32. The minimum absolute atomic E-state index is 0. The van der Waals surface area contributed by atoms with Gasteiger partial charge in [-0.2, -0.15) is 0 Å². The Morgan fingerprint density at radius 2 is 1.85 bits per heavy atom. The Morgan fingerprint density at radius 3 is 2.48 bits per heavy atom. The molecular weight excluding hydrogens is 458 g/mol. The lowest BCUT2D eigenvalue weighted by Crippen LogP contribution is -2.43. The van der Waals surface area contributed by atoms with Crippen LogP contribution >= 0.6 is 23.7 Å². The number of carbonyl (C=O) groups is 1. The second kappa shape index (κ2) is 10.8. The van der Waals surface area contributed by atoms with E-state index in [-0.39, 0.29) is 23.7 Å². The summed E-state index contributed by atoms with van der Waals surface area (Å²) in [5, 5.41) is 0.714. The topological polar surface area (TPSA) is 54.9 Å². The first-order valence-electron chi connectivity index (χ1n) is 11.0. The van der Waals surface area contributed by atoms with E-state index in [1.165, 1.54) is 16.9 Å². The Balaban J connectivity index is 0.00000306. The summed E-state index contributed by atoms with van der Waals surface area (Å²) in [7, 11) is 1.65. The average Bonchev–Trinajstić information content (AvgIpc) is 3.22. The van der Waals surface area contributed by atoms with Gasteiger partial charge in [-0.3, -0.25) is 14.6 Å². The van der Waals surface area contributed by atoms with Crippen molar-refractivity contribution in [2.24, 2.45) is 0 Å². The van der Waals surface area contributed by atoms with E-state index in [2.05, 4.69) is 37.8 Å². The van der Waals surface area contributed by atoms with E-state index in [0.29, 0.717) is 17.2 Å². The highest BCUT2D eigenvalue weighted by atomic mass is 35.5. The fourth-order valence-electron chi connectivity index (χ4n) is 3.76. The van der Waals surface area contributed by atoms with E-state index in [0.717, 1.165) is 48.8 Å². The quantitative estimate of drug-likeness (QED) is 0.487. The third kappa shape index (κ3) is 6.03. The summed E-state index contributed by atoms with van der Waals surface area (Å²) < 4.78 is 11.8. The van der Waals surface area contributed by atoms with Crippen LogP contribution < -0.4 is 9.64 Å². The number of ether oxygens (including phenoxy) is 2. The van der Waals surface area contributed by atoms with Gasteiger partial charge < -0.3 is 9.47 Å². The fraction of sp³-hybridized carbons (Fsp3) is 0.440. The number of thiazole rings is 1. The molecule has 0 spiro atoms. The maximum Gasteiger partial charge on any atom is 0.260 e. The van der Waals surface area contributed by atoms with Crippen molar-refractivity contribution < 1.29 is 14.3 Å². The molecule has 0 unspecified atom stereocenters. The molecule has 0 N–H and O–H groups in total. The first-order chi connectivity index (χ1) is 15.3. The zero-order valence-electron chi connectivity index (χ0n) is 19.7. The lowest BCUT2D eigenvalue weighted by molar-refractivity contribution is 0.0391. The number of benzene rings is 2. The van der Waals surface area contributed by atoms with E-state index in [4.69, 9.17) is 14.5 Å². The molecule has 0 atom stereocenters. The minimum Gasteiger partial charge on any atom is -0.497 e. The first-order valence-corrected chi connectivity index (χ1v) is 11.8. The van der Waals surface area contributed by atoms with E-state index in [9.17, 15) is 4.79 Å². The van der Waals surface area contributed by atoms with E-state index in [1.807, 2.05) is 35.2 Å². The predicted molar refractivity (Wildman–Crippen MR) is 137 cm³/mol. The zero-order valence-corrected chi connectivity index (χ0v) is 21.3. The van der Waals surface area contributed by atoms with Crippen LogP contribution in [0.5, 0.6) is 5.75 Å². The number of methoxy groups -OCH3 is 1. The number of anilines is 1. The van der Waals surface area contributed by atoms with Gasteiger partial charge in [0.25, 0.3) is 5.91 Å². The fourth-order valence-corrected chi connectivity index (χ4v) is 4.73. The van der Waals surface area contributed by atoms with E-state index in [1.54, 1.807) is 7.11 Å². The monoisotopic (exact) mass is 489 g/mol. The first kappa shape index (κ1) is 25.4. The van der Waals surface area contributed by atoms with Gasteiger partial charge in [-0.1, -0.05) is 44.2 Å². The molecule has 1 aliphatic heterocycles. The Hall–Kier alpha value is -2.19. The molecular formula is C25H32ClN3O3S. The largest absolute Gasteiger partial charge is 0.497 e. The van der Waals surface area contributed by atoms with Crippen LogP contribution in [-0.2, 0) is 10.2 Å². The van der Waals surface area contributed by atoms with Gasteiger partial charge in [0.1, 0.15) is 5.75 Å². The summed E-state index contributed by atoms with van der Waals surface area (Å²) in [5.74, 6) is 0.739. The molecule has 0 saturated carbocycles. The van der Waals surface area contributed by atoms with Crippen LogP contribution in [0.2, 0.25) is 0 Å². The van der Waals surface area contributed by atoms with Crippen molar-refractivity contribution in [1.29, 1.82) is 0 Å². The predicted octanol–water partition coefficient (Wildman–Crippen LogP) is 5.00. The molecule has 1 aromatic heterocycles. The number of fused-ring (bicyclic) bond motifs is 1. The molecule has 2 aromatic carbocycles. The van der Waals surface area contributed by atoms with Crippen LogP contribution in [0.3, 0.4) is 0 Å². The molecule has 1 amide bonds. The van der Waals surface area contributed by atoms with Gasteiger partial charge in [0, 0.05) is 37.8 Å².